The van der Waals surface area contributed by atoms with Gasteiger partial charge in [0.05, 0.1) is 9.79 Å². The maximum absolute atomic E-state index is 13.5. The van der Waals surface area contributed by atoms with E-state index in [1.54, 1.807) is 60.7 Å². The Hall–Kier alpha value is -6.17. The van der Waals surface area contributed by atoms with E-state index in [0.717, 1.165) is 0 Å². The molecule has 50 heavy (non-hydrogen) atoms. The molecule has 0 fully saturated rings. The molecule has 6 aromatic carbocycles. The number of sulfonamides is 2. The van der Waals surface area contributed by atoms with Crippen molar-refractivity contribution in [2.75, 3.05) is 9.44 Å². The molecule has 6 aromatic rings. The van der Waals surface area contributed by atoms with Gasteiger partial charge in [-0.25, -0.2) is 16.8 Å². The molecule has 0 radical (unpaired) electrons. The fourth-order valence-corrected chi connectivity index (χ4v) is 7.86. The number of hydrogen-bond acceptors (Lipinski definition) is 7. The number of rotatable bonds is 10. The van der Waals surface area contributed by atoms with Crippen molar-refractivity contribution >= 4 is 48.8 Å². The smallest absolute Gasteiger partial charge is 0.261 e. The molecule has 0 unspecified atom stereocenters. The highest BCUT2D eigenvalue weighted by Gasteiger charge is 2.30. The molecule has 0 bridgehead atoms. The van der Waals surface area contributed by atoms with Gasteiger partial charge in [-0.1, -0.05) is 72.8 Å². The highest BCUT2D eigenvalue weighted by molar-refractivity contribution is 7.93. The fourth-order valence-electron chi connectivity index (χ4n) is 5.69. The standard InChI is InChI=1S/C39H26N2O7S2/c42-37(25-7-3-1-4-8-25)27-11-15-29(16-12-27)40-49(45,46)31-19-21-33-34-22-20-32(24-36(34)39(44)35(33)23-31)50(47,48)41-30-17-13-28(14-18-30)38(43)26-9-5-2-6-10-26/h1-24,40-41H. The second-order valence-corrected chi connectivity index (χ2v) is 14.9. The summed E-state index contributed by atoms with van der Waals surface area (Å²) in [6.45, 7) is 0. The third kappa shape index (κ3) is 6.23. The van der Waals surface area contributed by atoms with Gasteiger partial charge in [-0.15, -0.1) is 0 Å². The first-order chi connectivity index (χ1) is 24.0. The molecule has 0 saturated heterocycles. The highest BCUT2D eigenvalue weighted by Crippen LogP contribution is 2.39. The molecular weight excluding hydrogens is 673 g/mol. The Morgan fingerprint density at radius 2 is 0.740 bits per heavy atom. The molecule has 246 valence electrons. The quantitative estimate of drug-likeness (QED) is 0.147. The predicted octanol–water partition coefficient (Wildman–Crippen LogP) is 6.96. The van der Waals surface area contributed by atoms with Crippen LogP contribution in [0.3, 0.4) is 0 Å². The molecule has 0 amide bonds. The van der Waals surface area contributed by atoms with E-state index in [0.29, 0.717) is 33.4 Å². The Morgan fingerprint density at radius 3 is 1.10 bits per heavy atom. The summed E-state index contributed by atoms with van der Waals surface area (Å²) in [6, 6.07) is 37.8. The Kier molecular flexibility index (Phi) is 8.22. The Balaban J connectivity index is 1.07. The molecule has 1 aliphatic rings. The Bertz CT molecular complexity index is 2360. The maximum Gasteiger partial charge on any atom is 0.261 e. The molecule has 0 aliphatic heterocycles. The number of carbonyl (C=O) groups excluding carboxylic acids is 3. The average molecular weight is 699 g/mol. The molecule has 9 nitrogen and oxygen atoms in total. The lowest BCUT2D eigenvalue weighted by molar-refractivity contribution is 0.103. The first-order valence-electron chi connectivity index (χ1n) is 15.3. The van der Waals surface area contributed by atoms with Gasteiger partial charge in [-0.2, -0.15) is 0 Å². The fraction of sp³-hybridized carbons (Fsp3) is 0. The van der Waals surface area contributed by atoms with E-state index in [1.807, 2.05) is 0 Å². The van der Waals surface area contributed by atoms with Crippen molar-refractivity contribution in [1.82, 2.24) is 0 Å². The lowest BCUT2D eigenvalue weighted by Gasteiger charge is -2.10. The molecule has 0 saturated carbocycles. The minimum absolute atomic E-state index is 0.118. The van der Waals surface area contributed by atoms with Crippen molar-refractivity contribution < 1.29 is 31.2 Å². The van der Waals surface area contributed by atoms with Gasteiger partial charge in [-0.05, 0) is 83.9 Å². The largest absolute Gasteiger partial charge is 0.289 e. The molecule has 1 aliphatic carbocycles. The summed E-state index contributed by atoms with van der Waals surface area (Å²) in [5, 5.41) is 0. The highest BCUT2D eigenvalue weighted by atomic mass is 32.2. The minimum atomic E-state index is -4.14. The lowest BCUT2D eigenvalue weighted by atomic mass is 10.0. The third-order valence-electron chi connectivity index (χ3n) is 8.25. The van der Waals surface area contributed by atoms with Crippen LogP contribution in [0.1, 0.15) is 47.8 Å². The van der Waals surface area contributed by atoms with Gasteiger partial charge in [0.1, 0.15) is 0 Å². The van der Waals surface area contributed by atoms with E-state index < -0.39 is 25.8 Å². The zero-order valence-corrected chi connectivity index (χ0v) is 27.7. The number of benzene rings is 6. The van der Waals surface area contributed by atoms with Crippen LogP contribution in [0.15, 0.2) is 155 Å². The summed E-state index contributed by atoms with van der Waals surface area (Å²) in [7, 11) is -8.27. The lowest BCUT2D eigenvalue weighted by Crippen LogP contribution is -2.14. The first-order valence-corrected chi connectivity index (χ1v) is 18.3. The van der Waals surface area contributed by atoms with Crippen LogP contribution in [0.5, 0.6) is 0 Å². The number of fused-ring (bicyclic) bond motifs is 3. The first kappa shape index (κ1) is 32.4. The average Bonchev–Trinajstić information content (AvgIpc) is 3.42. The van der Waals surface area contributed by atoms with Crippen LogP contribution >= 0.6 is 0 Å². The maximum atomic E-state index is 13.5. The van der Waals surface area contributed by atoms with Gasteiger partial charge in [0.2, 0.25) is 0 Å². The zero-order valence-electron chi connectivity index (χ0n) is 26.0. The summed E-state index contributed by atoms with van der Waals surface area (Å²) in [4.78, 5) is 38.6. The van der Waals surface area contributed by atoms with Crippen molar-refractivity contribution in [1.29, 1.82) is 0 Å². The van der Waals surface area contributed by atoms with Crippen LogP contribution in [0.2, 0.25) is 0 Å². The van der Waals surface area contributed by atoms with Gasteiger partial charge in [0, 0.05) is 44.8 Å². The molecule has 2 N–H and O–H groups in total. The van der Waals surface area contributed by atoms with E-state index in [2.05, 4.69) is 9.44 Å². The van der Waals surface area contributed by atoms with Gasteiger partial charge >= 0.3 is 0 Å². The van der Waals surface area contributed by atoms with Gasteiger partial charge in [0.25, 0.3) is 20.0 Å². The van der Waals surface area contributed by atoms with E-state index in [-0.39, 0.29) is 43.9 Å². The number of anilines is 2. The van der Waals surface area contributed by atoms with Crippen LogP contribution in [-0.4, -0.2) is 34.2 Å². The van der Waals surface area contributed by atoms with Crippen molar-refractivity contribution in [3.8, 4) is 11.1 Å². The van der Waals surface area contributed by atoms with Crippen molar-refractivity contribution in [3.63, 3.8) is 0 Å². The molecule has 11 heteroatoms. The van der Waals surface area contributed by atoms with Crippen LogP contribution in [0.4, 0.5) is 11.4 Å². The van der Waals surface area contributed by atoms with Crippen molar-refractivity contribution in [3.05, 3.63) is 179 Å². The molecule has 0 aromatic heterocycles. The molecular formula is C39H26N2O7S2. The Labute approximate surface area is 288 Å². The van der Waals surface area contributed by atoms with Crippen molar-refractivity contribution in [2.45, 2.75) is 9.79 Å². The van der Waals surface area contributed by atoms with Crippen LogP contribution in [-0.2, 0) is 20.0 Å². The van der Waals surface area contributed by atoms with Gasteiger partial charge < -0.3 is 0 Å². The van der Waals surface area contributed by atoms with Crippen molar-refractivity contribution in [2.24, 2.45) is 0 Å². The van der Waals surface area contributed by atoms with Crippen LogP contribution < -0.4 is 9.44 Å². The summed E-state index contributed by atoms with van der Waals surface area (Å²) in [5.74, 6) is -0.916. The topological polar surface area (TPSA) is 144 Å². The molecule has 7 rings (SSSR count). The second kappa shape index (κ2) is 12.7. The minimum Gasteiger partial charge on any atom is -0.289 e. The van der Waals surface area contributed by atoms with E-state index in [1.165, 1.54) is 84.9 Å². The van der Waals surface area contributed by atoms with E-state index >= 15 is 0 Å². The Morgan fingerprint density at radius 1 is 0.400 bits per heavy atom. The van der Waals surface area contributed by atoms with E-state index in [9.17, 15) is 31.2 Å². The number of hydrogen-bond donors (Lipinski definition) is 2. The number of nitrogens with one attached hydrogen (secondary N) is 2. The third-order valence-corrected chi connectivity index (χ3v) is 11.0. The summed E-state index contributed by atoms with van der Waals surface area (Å²) < 4.78 is 58.2. The molecule has 0 spiro atoms. The monoisotopic (exact) mass is 698 g/mol. The SMILES string of the molecule is O=C(c1ccccc1)c1ccc(NS(=O)(=O)c2ccc3c(c2)C(=O)c2cc(S(=O)(=O)Nc4ccc(C(=O)c5ccccc5)cc4)ccc2-3)cc1. The number of ketones is 3. The van der Waals surface area contributed by atoms with Crippen LogP contribution in [0.25, 0.3) is 11.1 Å². The summed E-state index contributed by atoms with van der Waals surface area (Å²) >= 11 is 0. The zero-order chi connectivity index (χ0) is 35.0. The van der Waals surface area contributed by atoms with Gasteiger partial charge in [-0.3, -0.25) is 23.8 Å². The summed E-state index contributed by atoms with van der Waals surface area (Å²) in [5.41, 5.74) is 3.44. The molecule has 0 atom stereocenters. The normalized spacial score (nSPS) is 12.1. The van der Waals surface area contributed by atoms with E-state index in [4.69, 9.17) is 0 Å². The second-order valence-electron chi connectivity index (χ2n) is 11.5. The summed E-state index contributed by atoms with van der Waals surface area (Å²) in [6.07, 6.45) is 0. The van der Waals surface area contributed by atoms with Crippen LogP contribution in [0, 0.1) is 0 Å². The number of carbonyl (C=O) groups is 3. The molecule has 0 heterocycles. The predicted molar refractivity (Wildman–Crippen MR) is 190 cm³/mol. The van der Waals surface area contributed by atoms with Gasteiger partial charge in [0.15, 0.2) is 17.3 Å².